The van der Waals surface area contributed by atoms with Crippen LogP contribution < -0.4 is 14.8 Å². The number of nitrogens with zero attached hydrogens (tertiary/aromatic N) is 1. The molecule has 3 aromatic rings. The Morgan fingerprint density at radius 2 is 2.04 bits per heavy atom. The maximum Gasteiger partial charge on any atom is 0.273 e. The minimum Gasteiger partial charge on any atom is -0.461 e. The van der Waals surface area contributed by atoms with E-state index in [0.717, 1.165) is 17.1 Å². The second-order valence-electron chi connectivity index (χ2n) is 5.25. The van der Waals surface area contributed by atoms with Gasteiger partial charge < -0.3 is 23.7 Å². The molecule has 1 aliphatic heterocycles. The standard InChI is InChI=1S/C17H14N2O5/c20-17(12-9-16(24-19-12)13-2-1-7-21-13)18-6-5-11-3-4-14-15(8-11)23-10-22-14/h1-4,7-9H,5-6,10H2,(H,18,20). The Balaban J connectivity index is 1.33. The third kappa shape index (κ3) is 2.83. The summed E-state index contributed by atoms with van der Waals surface area (Å²) >= 11 is 0. The van der Waals surface area contributed by atoms with Crippen molar-refractivity contribution in [2.75, 3.05) is 13.3 Å². The molecule has 2 aromatic heterocycles. The van der Waals surface area contributed by atoms with Crippen LogP contribution in [0.3, 0.4) is 0 Å². The summed E-state index contributed by atoms with van der Waals surface area (Å²) in [6, 6.07) is 10.8. The van der Waals surface area contributed by atoms with E-state index in [-0.39, 0.29) is 18.4 Å². The monoisotopic (exact) mass is 326 g/mol. The third-order valence-electron chi connectivity index (χ3n) is 3.64. The molecular weight excluding hydrogens is 312 g/mol. The predicted octanol–water partition coefficient (Wildman–Crippen LogP) is 2.64. The zero-order chi connectivity index (χ0) is 16.4. The van der Waals surface area contributed by atoms with Crippen LogP contribution in [0.5, 0.6) is 11.5 Å². The van der Waals surface area contributed by atoms with E-state index >= 15 is 0 Å². The molecule has 1 aromatic carbocycles. The fourth-order valence-corrected chi connectivity index (χ4v) is 2.42. The Labute approximate surface area is 137 Å². The van der Waals surface area contributed by atoms with Crippen molar-refractivity contribution < 1.29 is 23.2 Å². The number of nitrogens with one attached hydrogen (secondary N) is 1. The molecule has 0 unspecified atom stereocenters. The van der Waals surface area contributed by atoms with E-state index in [1.54, 1.807) is 18.2 Å². The summed E-state index contributed by atoms with van der Waals surface area (Å²) < 4.78 is 20.9. The van der Waals surface area contributed by atoms with E-state index in [1.165, 1.54) is 6.26 Å². The van der Waals surface area contributed by atoms with Crippen LogP contribution in [0.25, 0.3) is 11.5 Å². The number of hydrogen-bond acceptors (Lipinski definition) is 6. The summed E-state index contributed by atoms with van der Waals surface area (Å²) in [5, 5.41) is 6.57. The molecule has 7 nitrogen and oxygen atoms in total. The molecule has 122 valence electrons. The second kappa shape index (κ2) is 6.11. The van der Waals surface area contributed by atoms with Crippen molar-refractivity contribution >= 4 is 5.91 Å². The minimum absolute atomic E-state index is 0.215. The average molecular weight is 326 g/mol. The lowest BCUT2D eigenvalue weighted by Gasteiger charge is -2.04. The van der Waals surface area contributed by atoms with Crippen molar-refractivity contribution in [3.63, 3.8) is 0 Å². The minimum atomic E-state index is -0.294. The van der Waals surface area contributed by atoms with Gasteiger partial charge in [-0.05, 0) is 36.2 Å². The lowest BCUT2D eigenvalue weighted by molar-refractivity contribution is 0.0945. The van der Waals surface area contributed by atoms with Gasteiger partial charge in [0.15, 0.2) is 23.0 Å². The van der Waals surface area contributed by atoms with Crippen molar-refractivity contribution in [2.24, 2.45) is 0 Å². The summed E-state index contributed by atoms with van der Waals surface area (Å²) in [5.41, 5.74) is 1.27. The molecular formula is C17H14N2O5. The highest BCUT2D eigenvalue weighted by molar-refractivity contribution is 5.92. The van der Waals surface area contributed by atoms with Crippen molar-refractivity contribution in [1.82, 2.24) is 10.5 Å². The van der Waals surface area contributed by atoms with E-state index in [0.29, 0.717) is 24.5 Å². The maximum atomic E-state index is 12.1. The topological polar surface area (TPSA) is 86.7 Å². The lowest BCUT2D eigenvalue weighted by atomic mass is 10.1. The Kier molecular flexibility index (Phi) is 3.66. The first-order valence-electron chi connectivity index (χ1n) is 7.47. The highest BCUT2D eigenvalue weighted by Gasteiger charge is 2.16. The van der Waals surface area contributed by atoms with Gasteiger partial charge in [-0.3, -0.25) is 4.79 Å². The summed E-state index contributed by atoms with van der Waals surface area (Å²) in [5.74, 6) is 2.13. The molecule has 0 saturated carbocycles. The summed E-state index contributed by atoms with van der Waals surface area (Å²) in [4.78, 5) is 12.1. The Morgan fingerprint density at radius 1 is 1.12 bits per heavy atom. The first kappa shape index (κ1) is 14.4. The maximum absolute atomic E-state index is 12.1. The van der Waals surface area contributed by atoms with Gasteiger partial charge in [-0.25, -0.2) is 0 Å². The Bertz CT molecular complexity index is 854. The van der Waals surface area contributed by atoms with Crippen LogP contribution in [0.2, 0.25) is 0 Å². The van der Waals surface area contributed by atoms with E-state index in [9.17, 15) is 4.79 Å². The summed E-state index contributed by atoms with van der Waals surface area (Å²) in [6.07, 6.45) is 2.20. The molecule has 0 aliphatic carbocycles. The molecule has 0 saturated heterocycles. The van der Waals surface area contributed by atoms with Crippen LogP contribution in [0.15, 0.2) is 51.6 Å². The molecule has 1 N–H and O–H groups in total. The SMILES string of the molecule is O=C(NCCc1ccc2c(c1)OCO2)c1cc(-c2ccco2)on1. The molecule has 0 fully saturated rings. The first-order chi connectivity index (χ1) is 11.8. The molecule has 0 spiro atoms. The number of rotatable bonds is 5. The van der Waals surface area contributed by atoms with Crippen LogP contribution in [0.4, 0.5) is 0 Å². The number of aromatic nitrogens is 1. The number of fused-ring (bicyclic) bond motifs is 1. The van der Waals surface area contributed by atoms with Gasteiger partial charge in [-0.2, -0.15) is 0 Å². The van der Waals surface area contributed by atoms with Crippen molar-refractivity contribution in [2.45, 2.75) is 6.42 Å². The number of benzene rings is 1. The van der Waals surface area contributed by atoms with E-state index in [4.69, 9.17) is 18.4 Å². The molecule has 7 heteroatoms. The number of carbonyl (C=O) groups is 1. The molecule has 24 heavy (non-hydrogen) atoms. The molecule has 1 amide bonds. The molecule has 3 heterocycles. The number of ether oxygens (including phenoxy) is 2. The van der Waals surface area contributed by atoms with Gasteiger partial charge in [-0.15, -0.1) is 0 Å². The van der Waals surface area contributed by atoms with Crippen molar-refractivity contribution in [1.29, 1.82) is 0 Å². The predicted molar refractivity (Wildman–Crippen MR) is 82.8 cm³/mol. The Hall–Kier alpha value is -3.22. The van der Waals surface area contributed by atoms with Gasteiger partial charge in [0.05, 0.1) is 6.26 Å². The number of carbonyl (C=O) groups excluding carboxylic acids is 1. The van der Waals surface area contributed by atoms with Crippen LogP contribution in [0, 0.1) is 0 Å². The molecule has 0 atom stereocenters. The van der Waals surface area contributed by atoms with E-state index in [2.05, 4.69) is 10.5 Å². The molecule has 1 aliphatic rings. The van der Waals surface area contributed by atoms with Crippen LogP contribution in [-0.4, -0.2) is 24.4 Å². The van der Waals surface area contributed by atoms with Crippen LogP contribution in [-0.2, 0) is 6.42 Å². The molecule has 0 bridgehead atoms. The van der Waals surface area contributed by atoms with Crippen LogP contribution >= 0.6 is 0 Å². The second-order valence-corrected chi connectivity index (χ2v) is 5.25. The average Bonchev–Trinajstić information content (AvgIpc) is 3.33. The largest absolute Gasteiger partial charge is 0.461 e. The summed E-state index contributed by atoms with van der Waals surface area (Å²) in [7, 11) is 0. The summed E-state index contributed by atoms with van der Waals surface area (Å²) in [6.45, 7) is 0.723. The normalized spacial score (nSPS) is 12.3. The molecule has 0 radical (unpaired) electrons. The fourth-order valence-electron chi connectivity index (χ4n) is 2.42. The lowest BCUT2D eigenvalue weighted by Crippen LogP contribution is -2.25. The van der Waals surface area contributed by atoms with Gasteiger partial charge in [0, 0.05) is 12.6 Å². The van der Waals surface area contributed by atoms with Gasteiger partial charge in [-0.1, -0.05) is 11.2 Å². The van der Waals surface area contributed by atoms with Gasteiger partial charge in [0.25, 0.3) is 5.91 Å². The fraction of sp³-hybridized carbons (Fsp3) is 0.176. The number of furan rings is 1. The zero-order valence-corrected chi connectivity index (χ0v) is 12.7. The first-order valence-corrected chi connectivity index (χ1v) is 7.47. The van der Waals surface area contributed by atoms with Crippen molar-refractivity contribution in [3.05, 3.63) is 53.9 Å². The third-order valence-corrected chi connectivity index (χ3v) is 3.64. The van der Waals surface area contributed by atoms with Crippen LogP contribution in [0.1, 0.15) is 16.1 Å². The molecule has 4 rings (SSSR count). The smallest absolute Gasteiger partial charge is 0.273 e. The highest BCUT2D eigenvalue weighted by atomic mass is 16.7. The van der Waals surface area contributed by atoms with Crippen molar-refractivity contribution in [3.8, 4) is 23.0 Å². The quantitative estimate of drug-likeness (QED) is 0.775. The highest BCUT2D eigenvalue weighted by Crippen LogP contribution is 2.32. The van der Waals surface area contributed by atoms with E-state index < -0.39 is 0 Å². The number of amides is 1. The number of hydrogen-bond donors (Lipinski definition) is 1. The van der Waals surface area contributed by atoms with Gasteiger partial charge in [0.1, 0.15) is 0 Å². The van der Waals surface area contributed by atoms with Gasteiger partial charge in [0.2, 0.25) is 12.6 Å². The zero-order valence-electron chi connectivity index (χ0n) is 12.7. The Morgan fingerprint density at radius 3 is 2.92 bits per heavy atom. The van der Waals surface area contributed by atoms with Gasteiger partial charge >= 0.3 is 0 Å². The van der Waals surface area contributed by atoms with E-state index in [1.807, 2.05) is 18.2 Å².